The zero-order chi connectivity index (χ0) is 19.1. The van der Waals surface area contributed by atoms with Crippen LogP contribution < -0.4 is 10.2 Å². The minimum atomic E-state index is -0.335. The van der Waals surface area contributed by atoms with E-state index in [1.165, 1.54) is 18.3 Å². The first kappa shape index (κ1) is 18.4. The smallest absolute Gasteiger partial charge is 0.271 e. The molecule has 0 bridgehead atoms. The first-order valence-electron chi connectivity index (χ1n) is 8.58. The van der Waals surface area contributed by atoms with Crippen LogP contribution in [0.15, 0.2) is 70.2 Å². The van der Waals surface area contributed by atoms with Crippen LogP contribution in [0.25, 0.3) is 11.3 Å². The second-order valence-electron chi connectivity index (χ2n) is 5.78. The fourth-order valence-electron chi connectivity index (χ4n) is 2.33. The number of nitrogens with one attached hydrogen (secondary N) is 1. The third kappa shape index (κ3) is 5.04. The number of hydrogen-bond acceptors (Lipinski definition) is 4. The van der Waals surface area contributed by atoms with Gasteiger partial charge in [0.1, 0.15) is 23.1 Å². The molecule has 0 aliphatic rings. The second-order valence-corrected chi connectivity index (χ2v) is 5.78. The molecule has 1 amide bonds. The van der Waals surface area contributed by atoms with Crippen LogP contribution in [-0.2, 0) is 0 Å². The third-order valence-corrected chi connectivity index (χ3v) is 3.70. The normalized spacial score (nSPS) is 10.9. The Morgan fingerprint density at radius 1 is 1.11 bits per heavy atom. The molecule has 1 heterocycles. The van der Waals surface area contributed by atoms with Crippen LogP contribution in [0.2, 0.25) is 0 Å². The minimum absolute atomic E-state index is 0.306. The van der Waals surface area contributed by atoms with Gasteiger partial charge < -0.3 is 9.15 Å². The molecule has 138 valence electrons. The lowest BCUT2D eigenvalue weighted by atomic mass is 10.2. The monoisotopic (exact) mass is 366 g/mol. The van der Waals surface area contributed by atoms with Crippen LogP contribution >= 0.6 is 0 Å². The number of benzene rings is 2. The Labute approximate surface area is 156 Å². The zero-order valence-electron chi connectivity index (χ0n) is 14.8. The zero-order valence-corrected chi connectivity index (χ0v) is 14.8. The molecule has 0 aliphatic carbocycles. The van der Waals surface area contributed by atoms with Crippen LogP contribution in [0.4, 0.5) is 4.39 Å². The van der Waals surface area contributed by atoms with Crippen molar-refractivity contribution in [1.29, 1.82) is 0 Å². The highest BCUT2D eigenvalue weighted by atomic mass is 19.1. The van der Waals surface area contributed by atoms with Gasteiger partial charge in [0.05, 0.1) is 12.8 Å². The number of halogens is 1. The predicted molar refractivity (Wildman–Crippen MR) is 101 cm³/mol. The van der Waals surface area contributed by atoms with E-state index >= 15 is 0 Å². The molecule has 0 atom stereocenters. The molecule has 0 unspecified atom stereocenters. The number of nitrogens with zero attached hydrogens (tertiary/aromatic N) is 1. The van der Waals surface area contributed by atoms with Gasteiger partial charge in [-0.05, 0) is 67.1 Å². The summed E-state index contributed by atoms with van der Waals surface area (Å²) in [5, 5.41) is 3.90. The van der Waals surface area contributed by atoms with Gasteiger partial charge in [0, 0.05) is 11.1 Å². The summed E-state index contributed by atoms with van der Waals surface area (Å²) in [6.07, 6.45) is 2.33. The second kappa shape index (κ2) is 8.80. The molecule has 0 saturated carbocycles. The standard InChI is InChI=1S/C21H19FN2O3/c1-2-13-26-18-9-5-16(6-10-18)21(25)24-23-14-19-11-12-20(27-19)15-3-7-17(22)8-4-15/h3-12,14H,2,13H2,1H3,(H,24,25)/b23-14-. The van der Waals surface area contributed by atoms with Crippen molar-refractivity contribution in [3.05, 3.63) is 77.8 Å². The number of carbonyl (C=O) groups is 1. The molecule has 0 spiro atoms. The maximum atomic E-state index is 13.0. The van der Waals surface area contributed by atoms with Crippen LogP contribution in [0.5, 0.6) is 5.75 Å². The molecule has 2 aromatic carbocycles. The fraction of sp³-hybridized carbons (Fsp3) is 0.143. The molecular formula is C21H19FN2O3. The maximum Gasteiger partial charge on any atom is 0.271 e. The largest absolute Gasteiger partial charge is 0.494 e. The van der Waals surface area contributed by atoms with E-state index in [1.54, 1.807) is 48.5 Å². The molecule has 1 N–H and O–H groups in total. The average molecular weight is 366 g/mol. The van der Waals surface area contributed by atoms with Crippen molar-refractivity contribution in [3.8, 4) is 17.1 Å². The van der Waals surface area contributed by atoms with Crippen LogP contribution in [0.3, 0.4) is 0 Å². The van der Waals surface area contributed by atoms with E-state index in [2.05, 4.69) is 10.5 Å². The van der Waals surface area contributed by atoms with E-state index in [0.717, 1.165) is 17.7 Å². The molecule has 0 radical (unpaired) electrons. The summed E-state index contributed by atoms with van der Waals surface area (Å²) in [6.45, 7) is 2.67. The molecule has 27 heavy (non-hydrogen) atoms. The SMILES string of the molecule is CCCOc1ccc(C(=O)N/N=C\c2ccc(-c3ccc(F)cc3)o2)cc1. The van der Waals surface area contributed by atoms with Crippen molar-refractivity contribution in [2.75, 3.05) is 6.61 Å². The summed E-state index contributed by atoms with van der Waals surface area (Å²) in [4.78, 5) is 12.1. The Morgan fingerprint density at radius 3 is 2.56 bits per heavy atom. The van der Waals surface area contributed by atoms with Crippen molar-refractivity contribution in [1.82, 2.24) is 5.43 Å². The van der Waals surface area contributed by atoms with E-state index in [4.69, 9.17) is 9.15 Å². The maximum absolute atomic E-state index is 13.0. The molecular weight excluding hydrogens is 347 g/mol. The number of furan rings is 1. The van der Waals surface area contributed by atoms with Gasteiger partial charge in [0.2, 0.25) is 0 Å². The number of rotatable bonds is 7. The molecule has 3 aromatic rings. The Balaban J connectivity index is 1.57. The Morgan fingerprint density at radius 2 is 1.85 bits per heavy atom. The highest BCUT2D eigenvalue weighted by Gasteiger charge is 2.06. The summed E-state index contributed by atoms with van der Waals surface area (Å²) in [6, 6.07) is 16.3. The van der Waals surface area contributed by atoms with Crippen LogP contribution in [-0.4, -0.2) is 18.7 Å². The van der Waals surface area contributed by atoms with Crippen molar-refractivity contribution in [2.45, 2.75) is 13.3 Å². The highest BCUT2D eigenvalue weighted by Crippen LogP contribution is 2.21. The van der Waals surface area contributed by atoms with E-state index < -0.39 is 0 Å². The molecule has 6 heteroatoms. The molecule has 0 saturated heterocycles. The summed E-state index contributed by atoms with van der Waals surface area (Å²) in [5.74, 6) is 1.14. The topological polar surface area (TPSA) is 63.8 Å². The van der Waals surface area contributed by atoms with Gasteiger partial charge in [-0.25, -0.2) is 9.82 Å². The average Bonchev–Trinajstić information content (AvgIpc) is 3.16. The predicted octanol–water partition coefficient (Wildman–Crippen LogP) is 4.64. The van der Waals surface area contributed by atoms with Gasteiger partial charge in [0.25, 0.3) is 5.91 Å². The number of hydrogen-bond donors (Lipinski definition) is 1. The van der Waals surface area contributed by atoms with Gasteiger partial charge >= 0.3 is 0 Å². The Bertz CT molecular complexity index is 915. The lowest BCUT2D eigenvalue weighted by Crippen LogP contribution is -2.17. The van der Waals surface area contributed by atoms with Crippen molar-refractivity contribution in [3.63, 3.8) is 0 Å². The molecule has 0 fully saturated rings. The van der Waals surface area contributed by atoms with Gasteiger partial charge in [-0.1, -0.05) is 6.92 Å². The first-order valence-corrected chi connectivity index (χ1v) is 8.58. The van der Waals surface area contributed by atoms with E-state index in [1.807, 2.05) is 6.92 Å². The quantitative estimate of drug-likeness (QED) is 0.489. The molecule has 0 aliphatic heterocycles. The molecule has 1 aromatic heterocycles. The molecule has 3 rings (SSSR count). The lowest BCUT2D eigenvalue weighted by Gasteiger charge is -2.05. The molecule has 5 nitrogen and oxygen atoms in total. The van der Waals surface area contributed by atoms with Crippen molar-refractivity contribution in [2.24, 2.45) is 5.10 Å². The van der Waals surface area contributed by atoms with Crippen molar-refractivity contribution < 1.29 is 18.3 Å². The summed E-state index contributed by atoms with van der Waals surface area (Å²) >= 11 is 0. The Kier molecular flexibility index (Phi) is 5.99. The minimum Gasteiger partial charge on any atom is -0.494 e. The summed E-state index contributed by atoms with van der Waals surface area (Å²) < 4.78 is 24.1. The Hall–Kier alpha value is -3.41. The van der Waals surface area contributed by atoms with Crippen LogP contribution in [0, 0.1) is 5.82 Å². The van der Waals surface area contributed by atoms with E-state index in [9.17, 15) is 9.18 Å². The van der Waals surface area contributed by atoms with Gasteiger partial charge in [0.15, 0.2) is 0 Å². The van der Waals surface area contributed by atoms with Crippen molar-refractivity contribution >= 4 is 12.1 Å². The van der Waals surface area contributed by atoms with Gasteiger partial charge in [-0.2, -0.15) is 5.10 Å². The highest BCUT2D eigenvalue weighted by molar-refractivity contribution is 5.94. The summed E-state index contributed by atoms with van der Waals surface area (Å²) in [7, 11) is 0. The third-order valence-electron chi connectivity index (χ3n) is 3.70. The number of amides is 1. The first-order chi connectivity index (χ1) is 13.2. The number of hydrazone groups is 1. The number of ether oxygens (including phenoxy) is 1. The summed E-state index contributed by atoms with van der Waals surface area (Å²) in [5.41, 5.74) is 3.68. The van der Waals surface area contributed by atoms with Crippen LogP contribution in [0.1, 0.15) is 29.5 Å². The lowest BCUT2D eigenvalue weighted by molar-refractivity contribution is 0.0955. The fourth-order valence-corrected chi connectivity index (χ4v) is 2.33. The number of carbonyl (C=O) groups excluding carboxylic acids is 1. The van der Waals surface area contributed by atoms with E-state index in [0.29, 0.717) is 23.7 Å². The van der Waals surface area contributed by atoms with E-state index in [-0.39, 0.29) is 11.7 Å². The van der Waals surface area contributed by atoms with Gasteiger partial charge in [-0.15, -0.1) is 0 Å². The van der Waals surface area contributed by atoms with Gasteiger partial charge in [-0.3, -0.25) is 4.79 Å².